The van der Waals surface area contributed by atoms with Crippen LogP contribution in [0.3, 0.4) is 0 Å². The second-order valence-corrected chi connectivity index (χ2v) is 11.3. The van der Waals surface area contributed by atoms with Crippen molar-refractivity contribution in [1.82, 2.24) is 9.62 Å². The van der Waals surface area contributed by atoms with Crippen molar-refractivity contribution in [3.63, 3.8) is 0 Å². The molecule has 1 aromatic rings. The fourth-order valence-corrected chi connectivity index (χ4v) is 6.69. The molecule has 144 valence electrons. The van der Waals surface area contributed by atoms with Gasteiger partial charge in [-0.15, -0.1) is 0 Å². The third-order valence-corrected chi connectivity index (χ3v) is 8.70. The predicted octanol–water partition coefficient (Wildman–Crippen LogP) is 1.43. The maximum Gasteiger partial charge on any atom is 0.253 e. The van der Waals surface area contributed by atoms with Crippen LogP contribution in [0.25, 0.3) is 0 Å². The fourth-order valence-electron chi connectivity index (χ4n) is 3.27. The number of piperidine rings is 1. The molecule has 7 nitrogen and oxygen atoms in total. The van der Waals surface area contributed by atoms with Crippen LogP contribution in [-0.2, 0) is 19.9 Å². The molecule has 0 saturated carbocycles. The molecule has 1 amide bonds. The lowest BCUT2D eigenvalue weighted by Gasteiger charge is -2.26. The van der Waals surface area contributed by atoms with Gasteiger partial charge < -0.3 is 5.32 Å². The third-order valence-electron chi connectivity index (χ3n) is 4.70. The Kier molecular flexibility index (Phi) is 5.62. The second kappa shape index (κ2) is 7.46. The van der Waals surface area contributed by atoms with Crippen LogP contribution in [0.15, 0.2) is 23.1 Å². The van der Waals surface area contributed by atoms with Gasteiger partial charge in [-0.3, -0.25) is 4.79 Å². The summed E-state index contributed by atoms with van der Waals surface area (Å²) >= 11 is 6.08. The largest absolute Gasteiger partial charge is 0.348 e. The quantitative estimate of drug-likeness (QED) is 0.794. The molecule has 26 heavy (non-hydrogen) atoms. The number of amides is 1. The monoisotopic (exact) mass is 420 g/mol. The number of nitrogens with zero attached hydrogens (tertiary/aromatic N) is 1. The van der Waals surface area contributed by atoms with Gasteiger partial charge in [0.05, 0.1) is 27.0 Å². The first-order chi connectivity index (χ1) is 12.2. The van der Waals surface area contributed by atoms with E-state index in [2.05, 4.69) is 5.32 Å². The van der Waals surface area contributed by atoms with Crippen LogP contribution >= 0.6 is 11.6 Å². The van der Waals surface area contributed by atoms with Gasteiger partial charge in [0.2, 0.25) is 10.0 Å². The van der Waals surface area contributed by atoms with E-state index in [1.54, 1.807) is 0 Å². The number of sulfone groups is 1. The Morgan fingerprint density at radius 2 is 1.88 bits per heavy atom. The molecule has 0 radical (unpaired) electrons. The third kappa shape index (κ3) is 4.21. The molecule has 0 spiro atoms. The summed E-state index contributed by atoms with van der Waals surface area (Å²) in [6.07, 6.45) is 2.98. The molecule has 0 aliphatic carbocycles. The average molecular weight is 421 g/mol. The molecule has 2 heterocycles. The van der Waals surface area contributed by atoms with Gasteiger partial charge >= 0.3 is 0 Å². The Hall–Kier alpha value is -1.16. The molecule has 2 aliphatic rings. The molecule has 1 aromatic carbocycles. The van der Waals surface area contributed by atoms with Crippen LogP contribution < -0.4 is 5.32 Å². The first-order valence-electron chi connectivity index (χ1n) is 8.50. The van der Waals surface area contributed by atoms with Crippen LogP contribution in [0.4, 0.5) is 0 Å². The molecule has 0 bridgehead atoms. The Balaban J connectivity index is 1.82. The van der Waals surface area contributed by atoms with Gasteiger partial charge in [-0.05, 0) is 37.5 Å². The van der Waals surface area contributed by atoms with Gasteiger partial charge in [0.1, 0.15) is 0 Å². The number of carbonyl (C=O) groups excluding carboxylic acids is 1. The van der Waals surface area contributed by atoms with Gasteiger partial charge in [-0.25, -0.2) is 16.8 Å². The lowest BCUT2D eigenvalue weighted by atomic mass is 10.2. The minimum absolute atomic E-state index is 0.0213. The molecule has 1 N–H and O–H groups in total. The summed E-state index contributed by atoms with van der Waals surface area (Å²) in [5, 5.41) is 2.76. The number of halogens is 1. The van der Waals surface area contributed by atoms with E-state index in [0.29, 0.717) is 19.5 Å². The van der Waals surface area contributed by atoms with E-state index in [1.807, 2.05) is 0 Å². The molecule has 2 saturated heterocycles. The number of rotatable bonds is 4. The number of carbonyl (C=O) groups is 1. The van der Waals surface area contributed by atoms with Crippen molar-refractivity contribution in [2.45, 2.75) is 36.6 Å². The number of benzene rings is 1. The van der Waals surface area contributed by atoms with Crippen LogP contribution in [0, 0.1) is 0 Å². The summed E-state index contributed by atoms with van der Waals surface area (Å²) in [5.74, 6) is -0.634. The number of sulfonamides is 1. The summed E-state index contributed by atoms with van der Waals surface area (Å²) in [4.78, 5) is 12.5. The van der Waals surface area contributed by atoms with Gasteiger partial charge in [-0.2, -0.15) is 4.31 Å². The predicted molar refractivity (Wildman–Crippen MR) is 98.6 cm³/mol. The average Bonchev–Trinajstić information content (AvgIpc) is 2.94. The van der Waals surface area contributed by atoms with Crippen LogP contribution in [0.2, 0.25) is 5.02 Å². The Labute approximate surface area is 158 Å². The van der Waals surface area contributed by atoms with E-state index in [4.69, 9.17) is 11.6 Å². The van der Waals surface area contributed by atoms with Gasteiger partial charge in [-0.1, -0.05) is 18.0 Å². The molecule has 0 aromatic heterocycles. The fraction of sp³-hybridized carbons (Fsp3) is 0.562. The standard InChI is InChI=1S/C16H21ClN2O5S2/c17-15-5-4-13(26(23,24)19-7-2-1-3-8-19)10-14(15)16(20)18-12-6-9-25(21,22)11-12/h4-5,10,12H,1-3,6-9,11H2,(H,18,20). The van der Waals surface area contributed by atoms with E-state index in [9.17, 15) is 21.6 Å². The summed E-state index contributed by atoms with van der Waals surface area (Å²) in [5.41, 5.74) is 0.0362. The maximum absolute atomic E-state index is 12.8. The zero-order valence-electron chi connectivity index (χ0n) is 14.1. The van der Waals surface area contributed by atoms with Crippen LogP contribution in [0.1, 0.15) is 36.0 Å². The minimum Gasteiger partial charge on any atom is -0.348 e. The lowest BCUT2D eigenvalue weighted by Crippen LogP contribution is -2.37. The van der Waals surface area contributed by atoms with Crippen molar-refractivity contribution in [1.29, 1.82) is 0 Å². The van der Waals surface area contributed by atoms with Gasteiger partial charge in [0.25, 0.3) is 5.91 Å². The highest BCUT2D eigenvalue weighted by atomic mass is 35.5. The highest BCUT2D eigenvalue weighted by Gasteiger charge is 2.31. The van der Waals surface area contributed by atoms with Gasteiger partial charge in [0, 0.05) is 19.1 Å². The smallest absolute Gasteiger partial charge is 0.253 e. The van der Waals surface area contributed by atoms with Gasteiger partial charge in [0.15, 0.2) is 9.84 Å². The van der Waals surface area contributed by atoms with Crippen molar-refractivity contribution in [3.8, 4) is 0 Å². The molecule has 3 rings (SSSR count). The zero-order valence-corrected chi connectivity index (χ0v) is 16.5. The molecule has 10 heteroatoms. The molecule has 2 fully saturated rings. The molecule has 1 unspecified atom stereocenters. The number of hydrogen-bond donors (Lipinski definition) is 1. The zero-order chi connectivity index (χ0) is 18.9. The maximum atomic E-state index is 12.8. The first-order valence-corrected chi connectivity index (χ1v) is 12.1. The van der Waals surface area contributed by atoms with Crippen molar-refractivity contribution in [3.05, 3.63) is 28.8 Å². The Morgan fingerprint density at radius 1 is 1.19 bits per heavy atom. The van der Waals surface area contributed by atoms with Crippen LogP contribution in [-0.4, -0.2) is 57.7 Å². The molecule has 2 aliphatic heterocycles. The Morgan fingerprint density at radius 3 is 2.50 bits per heavy atom. The van der Waals surface area contributed by atoms with Crippen molar-refractivity contribution < 1.29 is 21.6 Å². The summed E-state index contributed by atoms with van der Waals surface area (Å²) in [6.45, 7) is 0.929. The van der Waals surface area contributed by atoms with E-state index >= 15 is 0 Å². The second-order valence-electron chi connectivity index (χ2n) is 6.68. The van der Waals surface area contributed by atoms with E-state index in [1.165, 1.54) is 22.5 Å². The van der Waals surface area contributed by atoms with Crippen molar-refractivity contribution in [2.75, 3.05) is 24.6 Å². The van der Waals surface area contributed by atoms with Crippen LogP contribution in [0.5, 0.6) is 0 Å². The topological polar surface area (TPSA) is 101 Å². The summed E-state index contributed by atoms with van der Waals surface area (Å²) in [7, 11) is -6.81. The highest BCUT2D eigenvalue weighted by molar-refractivity contribution is 7.91. The highest BCUT2D eigenvalue weighted by Crippen LogP contribution is 2.25. The van der Waals surface area contributed by atoms with Crippen molar-refractivity contribution >= 4 is 37.4 Å². The normalized spacial score (nSPS) is 23.7. The number of hydrogen-bond acceptors (Lipinski definition) is 5. The SMILES string of the molecule is O=C(NC1CCS(=O)(=O)C1)c1cc(S(=O)(=O)N2CCCCC2)ccc1Cl. The molecule has 1 atom stereocenters. The lowest BCUT2D eigenvalue weighted by molar-refractivity contribution is 0.0941. The molecular formula is C16H21ClN2O5S2. The van der Waals surface area contributed by atoms with Crippen molar-refractivity contribution in [2.24, 2.45) is 0 Å². The van der Waals surface area contributed by atoms with E-state index in [-0.39, 0.29) is 27.0 Å². The van der Waals surface area contributed by atoms with E-state index < -0.39 is 31.8 Å². The molecular weight excluding hydrogens is 400 g/mol. The minimum atomic E-state index is -3.68. The Bertz CT molecular complexity index is 909. The van der Waals surface area contributed by atoms with E-state index in [0.717, 1.165) is 19.3 Å². The summed E-state index contributed by atoms with van der Waals surface area (Å²) in [6, 6.07) is 3.57. The summed E-state index contributed by atoms with van der Waals surface area (Å²) < 4.78 is 50.0. The first kappa shape index (κ1) is 19.6. The number of nitrogens with one attached hydrogen (secondary N) is 1.